The maximum Gasteiger partial charge on any atom is 0.257 e. The Morgan fingerprint density at radius 1 is 1.30 bits per heavy atom. The van der Waals surface area contributed by atoms with Crippen molar-refractivity contribution in [2.75, 3.05) is 0 Å². The molecule has 3 rings (SSSR count). The molecule has 0 aliphatic heterocycles. The van der Waals surface area contributed by atoms with Gasteiger partial charge in [0.2, 0.25) is 0 Å². The van der Waals surface area contributed by atoms with Crippen LogP contribution >= 0.6 is 0 Å². The number of fused-ring (bicyclic) bond motifs is 1. The Labute approximate surface area is 118 Å². The van der Waals surface area contributed by atoms with E-state index >= 15 is 0 Å². The maximum atomic E-state index is 12.5. The molecule has 1 N–H and O–H groups in total. The van der Waals surface area contributed by atoms with Gasteiger partial charge in [-0.2, -0.15) is 5.10 Å². The van der Waals surface area contributed by atoms with Gasteiger partial charge in [-0.1, -0.05) is 25.7 Å². The molecule has 1 saturated carbocycles. The van der Waals surface area contributed by atoms with Gasteiger partial charge >= 0.3 is 0 Å². The molecular formula is C15H20N4O. The molecule has 106 valence electrons. The van der Waals surface area contributed by atoms with Gasteiger partial charge in [-0.3, -0.25) is 4.79 Å². The van der Waals surface area contributed by atoms with Crippen molar-refractivity contribution in [1.82, 2.24) is 19.9 Å². The first-order chi connectivity index (χ1) is 9.68. The summed E-state index contributed by atoms with van der Waals surface area (Å²) in [7, 11) is 0. The molecule has 1 aliphatic carbocycles. The molecule has 1 fully saturated rings. The van der Waals surface area contributed by atoms with Gasteiger partial charge in [0.25, 0.3) is 5.91 Å². The molecule has 2 aromatic rings. The number of nitrogens with zero attached hydrogens (tertiary/aromatic N) is 3. The lowest BCUT2D eigenvalue weighted by Gasteiger charge is -2.29. The molecule has 0 bridgehead atoms. The van der Waals surface area contributed by atoms with E-state index in [0.29, 0.717) is 11.2 Å². The zero-order valence-electron chi connectivity index (χ0n) is 11.8. The van der Waals surface area contributed by atoms with E-state index in [4.69, 9.17) is 0 Å². The standard InChI is InChI=1S/C15H20N4O/c1-15(7-4-2-3-5-8-15)18-14(20)12-11-17-19-10-6-9-16-13(12)19/h6,9-11H,2-5,7-8H2,1H3,(H,18,20). The molecule has 2 aromatic heterocycles. The second kappa shape index (κ2) is 5.23. The van der Waals surface area contributed by atoms with Gasteiger partial charge in [0.1, 0.15) is 5.56 Å². The first-order valence-corrected chi connectivity index (χ1v) is 7.29. The van der Waals surface area contributed by atoms with Crippen molar-refractivity contribution in [2.45, 2.75) is 51.0 Å². The normalized spacial score (nSPS) is 18.6. The predicted octanol–water partition coefficient (Wildman–Crippen LogP) is 2.57. The van der Waals surface area contributed by atoms with Crippen LogP contribution in [0.1, 0.15) is 55.8 Å². The Hall–Kier alpha value is -1.91. The molecule has 0 unspecified atom stereocenters. The minimum atomic E-state index is -0.101. The van der Waals surface area contributed by atoms with E-state index in [0.717, 1.165) is 12.8 Å². The Morgan fingerprint density at radius 2 is 2.05 bits per heavy atom. The average Bonchev–Trinajstić information content (AvgIpc) is 2.76. The lowest BCUT2D eigenvalue weighted by atomic mass is 9.92. The molecule has 5 heteroatoms. The van der Waals surface area contributed by atoms with E-state index in [2.05, 4.69) is 22.3 Å². The highest BCUT2D eigenvalue weighted by Crippen LogP contribution is 2.27. The van der Waals surface area contributed by atoms with Crippen LogP contribution in [-0.4, -0.2) is 26.0 Å². The van der Waals surface area contributed by atoms with E-state index in [1.807, 2.05) is 0 Å². The molecule has 0 aromatic carbocycles. The number of hydrogen-bond donors (Lipinski definition) is 1. The monoisotopic (exact) mass is 272 g/mol. The van der Waals surface area contributed by atoms with Gasteiger partial charge in [0.05, 0.1) is 6.20 Å². The van der Waals surface area contributed by atoms with Gasteiger partial charge in [0.15, 0.2) is 5.65 Å². The fourth-order valence-electron chi connectivity index (χ4n) is 2.96. The lowest BCUT2D eigenvalue weighted by Crippen LogP contribution is -2.45. The third-order valence-electron chi connectivity index (χ3n) is 4.15. The van der Waals surface area contributed by atoms with E-state index in [-0.39, 0.29) is 11.4 Å². The number of carbonyl (C=O) groups is 1. The highest BCUT2D eigenvalue weighted by atomic mass is 16.1. The van der Waals surface area contributed by atoms with Crippen molar-refractivity contribution in [2.24, 2.45) is 0 Å². The second-order valence-corrected chi connectivity index (χ2v) is 5.88. The number of amides is 1. The summed E-state index contributed by atoms with van der Waals surface area (Å²) in [6.07, 6.45) is 12.1. The van der Waals surface area contributed by atoms with E-state index in [9.17, 15) is 4.79 Å². The molecule has 5 nitrogen and oxygen atoms in total. The van der Waals surface area contributed by atoms with Crippen molar-refractivity contribution >= 4 is 11.6 Å². The molecule has 0 spiro atoms. The predicted molar refractivity (Wildman–Crippen MR) is 76.6 cm³/mol. The summed E-state index contributed by atoms with van der Waals surface area (Å²) in [5.41, 5.74) is 1.06. The number of carbonyl (C=O) groups excluding carboxylic acids is 1. The van der Waals surface area contributed by atoms with Crippen LogP contribution in [0, 0.1) is 0 Å². The Kier molecular flexibility index (Phi) is 3.42. The Bertz CT molecular complexity index is 611. The third-order valence-corrected chi connectivity index (χ3v) is 4.15. The fourth-order valence-corrected chi connectivity index (χ4v) is 2.96. The summed E-state index contributed by atoms with van der Waals surface area (Å²) in [5.74, 6) is -0.0666. The largest absolute Gasteiger partial charge is 0.347 e. The first-order valence-electron chi connectivity index (χ1n) is 7.29. The smallest absolute Gasteiger partial charge is 0.257 e. The van der Waals surface area contributed by atoms with E-state index in [1.165, 1.54) is 25.7 Å². The van der Waals surface area contributed by atoms with Crippen LogP contribution in [0.15, 0.2) is 24.7 Å². The second-order valence-electron chi connectivity index (χ2n) is 5.88. The van der Waals surface area contributed by atoms with Gasteiger partial charge in [-0.15, -0.1) is 0 Å². The Morgan fingerprint density at radius 3 is 2.80 bits per heavy atom. The number of hydrogen-bond acceptors (Lipinski definition) is 3. The molecule has 20 heavy (non-hydrogen) atoms. The zero-order chi connectivity index (χ0) is 14.0. The Balaban J connectivity index is 1.82. The number of rotatable bonds is 2. The van der Waals surface area contributed by atoms with E-state index in [1.54, 1.807) is 29.2 Å². The summed E-state index contributed by atoms with van der Waals surface area (Å²) in [5, 5.41) is 7.36. The zero-order valence-corrected chi connectivity index (χ0v) is 11.8. The van der Waals surface area contributed by atoms with Crippen LogP contribution in [-0.2, 0) is 0 Å². The highest BCUT2D eigenvalue weighted by Gasteiger charge is 2.28. The molecule has 0 saturated heterocycles. The lowest BCUT2D eigenvalue weighted by molar-refractivity contribution is 0.0899. The number of nitrogens with one attached hydrogen (secondary N) is 1. The van der Waals surface area contributed by atoms with Gasteiger partial charge < -0.3 is 5.32 Å². The quantitative estimate of drug-likeness (QED) is 0.855. The van der Waals surface area contributed by atoms with Crippen LogP contribution in [0.2, 0.25) is 0 Å². The summed E-state index contributed by atoms with van der Waals surface area (Å²) < 4.78 is 1.63. The van der Waals surface area contributed by atoms with Gasteiger partial charge in [-0.25, -0.2) is 9.50 Å². The third kappa shape index (κ3) is 2.53. The van der Waals surface area contributed by atoms with Crippen LogP contribution in [0.5, 0.6) is 0 Å². The van der Waals surface area contributed by atoms with Crippen LogP contribution in [0.4, 0.5) is 0 Å². The minimum Gasteiger partial charge on any atom is -0.347 e. The molecule has 0 radical (unpaired) electrons. The molecule has 1 aliphatic rings. The van der Waals surface area contributed by atoms with Crippen molar-refractivity contribution in [1.29, 1.82) is 0 Å². The topological polar surface area (TPSA) is 59.3 Å². The minimum absolute atomic E-state index is 0.0666. The SMILES string of the molecule is CC1(NC(=O)c2cnn3cccnc23)CCCCCC1. The fraction of sp³-hybridized carbons (Fsp3) is 0.533. The average molecular weight is 272 g/mol. The number of aromatic nitrogens is 3. The van der Waals surface area contributed by atoms with Crippen molar-refractivity contribution in [3.05, 3.63) is 30.2 Å². The molecule has 0 atom stereocenters. The molecular weight excluding hydrogens is 252 g/mol. The summed E-state index contributed by atoms with van der Waals surface area (Å²) >= 11 is 0. The molecule has 1 amide bonds. The molecule has 2 heterocycles. The summed E-state index contributed by atoms with van der Waals surface area (Å²) in [6, 6.07) is 1.80. The van der Waals surface area contributed by atoms with Crippen molar-refractivity contribution < 1.29 is 4.79 Å². The first kappa shape index (κ1) is 13.1. The van der Waals surface area contributed by atoms with Crippen molar-refractivity contribution in [3.63, 3.8) is 0 Å². The van der Waals surface area contributed by atoms with Gasteiger partial charge in [0, 0.05) is 17.9 Å². The van der Waals surface area contributed by atoms with Gasteiger partial charge in [-0.05, 0) is 25.8 Å². The van der Waals surface area contributed by atoms with Crippen LogP contribution in [0.25, 0.3) is 5.65 Å². The maximum absolute atomic E-state index is 12.5. The van der Waals surface area contributed by atoms with Crippen LogP contribution in [0.3, 0.4) is 0 Å². The van der Waals surface area contributed by atoms with E-state index < -0.39 is 0 Å². The van der Waals surface area contributed by atoms with Crippen molar-refractivity contribution in [3.8, 4) is 0 Å². The van der Waals surface area contributed by atoms with Crippen LogP contribution < -0.4 is 5.32 Å². The summed E-state index contributed by atoms with van der Waals surface area (Å²) in [4.78, 5) is 16.7. The highest BCUT2D eigenvalue weighted by molar-refractivity contribution is 5.99. The summed E-state index contributed by atoms with van der Waals surface area (Å²) in [6.45, 7) is 2.15.